The predicted octanol–water partition coefficient (Wildman–Crippen LogP) is 1.93. The van der Waals surface area contributed by atoms with E-state index in [1.165, 1.54) is 0 Å². The van der Waals surface area contributed by atoms with Gasteiger partial charge >= 0.3 is 0 Å². The highest BCUT2D eigenvalue weighted by Gasteiger charge is 2.23. The van der Waals surface area contributed by atoms with E-state index in [2.05, 4.69) is 16.9 Å². The molecule has 0 bridgehead atoms. The summed E-state index contributed by atoms with van der Waals surface area (Å²) in [5.74, 6) is 1.94. The van der Waals surface area contributed by atoms with Crippen LogP contribution in [-0.4, -0.2) is 23.9 Å². The van der Waals surface area contributed by atoms with Crippen molar-refractivity contribution in [1.82, 2.24) is 9.97 Å². The molecule has 5 heteroatoms. The van der Waals surface area contributed by atoms with Crippen LogP contribution >= 0.6 is 0 Å². The minimum Gasteiger partial charge on any atom is -0.491 e. The first-order valence-electron chi connectivity index (χ1n) is 5.45. The highest BCUT2D eigenvalue weighted by molar-refractivity contribution is 5.91. The van der Waals surface area contributed by atoms with E-state index in [1.807, 2.05) is 6.07 Å². The summed E-state index contributed by atoms with van der Waals surface area (Å²) in [6.45, 7) is 2.27. The number of fused-ring (bicyclic) bond motifs is 2. The van der Waals surface area contributed by atoms with E-state index < -0.39 is 0 Å². The highest BCUT2D eigenvalue weighted by atomic mass is 16.7. The van der Waals surface area contributed by atoms with Gasteiger partial charge in [0.2, 0.25) is 12.5 Å². The lowest BCUT2D eigenvalue weighted by atomic mass is 10.1. The van der Waals surface area contributed by atoms with Crippen LogP contribution in [0.5, 0.6) is 17.2 Å². The SMILES string of the molecule is CCc1ncnc2c(OC)c3c(cc12)OCO3. The number of ether oxygens (including phenoxy) is 3. The molecule has 0 N–H and O–H groups in total. The lowest BCUT2D eigenvalue weighted by Gasteiger charge is -2.09. The normalized spacial score (nSPS) is 13.1. The molecule has 0 saturated carbocycles. The summed E-state index contributed by atoms with van der Waals surface area (Å²) in [5.41, 5.74) is 1.75. The zero-order valence-electron chi connectivity index (χ0n) is 9.69. The maximum Gasteiger partial charge on any atom is 0.231 e. The second-order valence-electron chi connectivity index (χ2n) is 3.71. The molecule has 0 spiro atoms. The average Bonchev–Trinajstić information content (AvgIpc) is 2.82. The van der Waals surface area contributed by atoms with Gasteiger partial charge in [0, 0.05) is 5.39 Å². The molecule has 17 heavy (non-hydrogen) atoms. The molecular weight excluding hydrogens is 220 g/mol. The van der Waals surface area contributed by atoms with Gasteiger partial charge in [-0.2, -0.15) is 0 Å². The topological polar surface area (TPSA) is 53.5 Å². The first-order valence-corrected chi connectivity index (χ1v) is 5.45. The molecule has 88 valence electrons. The van der Waals surface area contributed by atoms with Gasteiger partial charge < -0.3 is 14.2 Å². The zero-order valence-corrected chi connectivity index (χ0v) is 9.69. The maximum absolute atomic E-state index is 5.39. The van der Waals surface area contributed by atoms with Crippen LogP contribution < -0.4 is 14.2 Å². The number of aromatic nitrogens is 2. The Bertz CT molecular complexity index is 583. The van der Waals surface area contributed by atoms with Crippen molar-refractivity contribution in [3.63, 3.8) is 0 Å². The summed E-state index contributed by atoms with van der Waals surface area (Å²) < 4.78 is 16.2. The van der Waals surface area contributed by atoms with Crippen molar-refractivity contribution in [2.24, 2.45) is 0 Å². The fraction of sp³-hybridized carbons (Fsp3) is 0.333. The van der Waals surface area contributed by atoms with Crippen LogP contribution in [-0.2, 0) is 6.42 Å². The lowest BCUT2D eigenvalue weighted by Crippen LogP contribution is -1.96. The second-order valence-corrected chi connectivity index (χ2v) is 3.71. The van der Waals surface area contributed by atoms with E-state index in [1.54, 1.807) is 13.4 Å². The summed E-state index contributed by atoms with van der Waals surface area (Å²) in [6, 6.07) is 1.92. The molecule has 0 atom stereocenters. The first-order chi connectivity index (χ1) is 8.35. The number of hydrogen-bond acceptors (Lipinski definition) is 5. The third-order valence-corrected chi connectivity index (χ3v) is 2.84. The van der Waals surface area contributed by atoms with Gasteiger partial charge in [-0.3, -0.25) is 0 Å². The quantitative estimate of drug-likeness (QED) is 0.791. The van der Waals surface area contributed by atoms with E-state index in [0.717, 1.165) is 23.0 Å². The smallest absolute Gasteiger partial charge is 0.231 e. The average molecular weight is 232 g/mol. The standard InChI is InChI=1S/C12H12N2O3/c1-3-8-7-4-9-11(17-6-16-9)12(15-2)10(7)14-5-13-8/h4-5H,3,6H2,1-2H3. The van der Waals surface area contributed by atoms with Crippen molar-refractivity contribution < 1.29 is 14.2 Å². The zero-order chi connectivity index (χ0) is 11.8. The van der Waals surface area contributed by atoms with Crippen molar-refractivity contribution in [3.8, 4) is 17.2 Å². The van der Waals surface area contributed by atoms with Crippen LogP contribution in [0.25, 0.3) is 10.9 Å². The molecular formula is C12H12N2O3. The Balaban J connectivity index is 2.40. The van der Waals surface area contributed by atoms with Gasteiger partial charge in [-0.15, -0.1) is 0 Å². The van der Waals surface area contributed by atoms with Crippen LogP contribution in [0.2, 0.25) is 0 Å². The molecule has 0 aliphatic carbocycles. The summed E-state index contributed by atoms with van der Waals surface area (Å²) in [4.78, 5) is 8.53. The number of nitrogens with zero attached hydrogens (tertiary/aromatic N) is 2. The van der Waals surface area contributed by atoms with E-state index in [0.29, 0.717) is 17.2 Å². The number of hydrogen-bond donors (Lipinski definition) is 0. The van der Waals surface area contributed by atoms with Crippen molar-refractivity contribution in [1.29, 1.82) is 0 Å². The molecule has 0 saturated heterocycles. The Morgan fingerprint density at radius 3 is 3.00 bits per heavy atom. The summed E-state index contributed by atoms with van der Waals surface area (Å²) in [7, 11) is 1.60. The molecule has 0 radical (unpaired) electrons. The molecule has 2 heterocycles. The van der Waals surface area contributed by atoms with E-state index in [9.17, 15) is 0 Å². The summed E-state index contributed by atoms with van der Waals surface area (Å²) >= 11 is 0. The van der Waals surface area contributed by atoms with E-state index >= 15 is 0 Å². The Kier molecular flexibility index (Phi) is 2.24. The monoisotopic (exact) mass is 232 g/mol. The summed E-state index contributed by atoms with van der Waals surface area (Å²) in [5, 5.41) is 0.955. The third-order valence-electron chi connectivity index (χ3n) is 2.84. The number of benzene rings is 1. The van der Waals surface area contributed by atoms with E-state index in [4.69, 9.17) is 14.2 Å². The first kappa shape index (κ1) is 10.1. The van der Waals surface area contributed by atoms with Crippen molar-refractivity contribution >= 4 is 10.9 Å². The van der Waals surface area contributed by atoms with Gasteiger partial charge in [-0.05, 0) is 12.5 Å². The molecule has 0 amide bonds. The van der Waals surface area contributed by atoms with Gasteiger partial charge in [0.15, 0.2) is 11.5 Å². The van der Waals surface area contributed by atoms with Crippen LogP contribution in [0.4, 0.5) is 0 Å². The third kappa shape index (κ3) is 1.39. The minimum atomic E-state index is 0.219. The van der Waals surface area contributed by atoms with Crippen molar-refractivity contribution in [2.75, 3.05) is 13.9 Å². The molecule has 5 nitrogen and oxygen atoms in total. The molecule has 1 aliphatic heterocycles. The number of aryl methyl sites for hydroxylation is 1. The summed E-state index contributed by atoms with van der Waals surface area (Å²) in [6.07, 6.45) is 2.38. The molecule has 0 unspecified atom stereocenters. The molecule has 1 aliphatic rings. The Morgan fingerprint density at radius 2 is 2.24 bits per heavy atom. The van der Waals surface area contributed by atoms with Gasteiger partial charge in [0.1, 0.15) is 11.8 Å². The largest absolute Gasteiger partial charge is 0.491 e. The Labute approximate surface area is 98.3 Å². The maximum atomic E-state index is 5.39. The number of methoxy groups -OCH3 is 1. The van der Waals surface area contributed by atoms with Crippen LogP contribution in [0.3, 0.4) is 0 Å². The van der Waals surface area contributed by atoms with Crippen LogP contribution in [0.1, 0.15) is 12.6 Å². The fourth-order valence-corrected chi connectivity index (χ4v) is 2.05. The fourth-order valence-electron chi connectivity index (χ4n) is 2.05. The van der Waals surface area contributed by atoms with Crippen LogP contribution in [0.15, 0.2) is 12.4 Å². The van der Waals surface area contributed by atoms with E-state index in [-0.39, 0.29) is 6.79 Å². The molecule has 3 rings (SSSR count). The van der Waals surface area contributed by atoms with Gasteiger partial charge in [-0.1, -0.05) is 6.92 Å². The Hall–Kier alpha value is -2.04. The minimum absolute atomic E-state index is 0.219. The lowest BCUT2D eigenvalue weighted by molar-refractivity contribution is 0.171. The highest BCUT2D eigenvalue weighted by Crippen LogP contribution is 2.45. The molecule has 1 aromatic heterocycles. The van der Waals surface area contributed by atoms with Gasteiger partial charge in [0.25, 0.3) is 0 Å². The van der Waals surface area contributed by atoms with Gasteiger partial charge in [-0.25, -0.2) is 9.97 Å². The van der Waals surface area contributed by atoms with Crippen LogP contribution in [0, 0.1) is 0 Å². The second kappa shape index (κ2) is 3.76. The molecule has 1 aromatic carbocycles. The molecule has 2 aromatic rings. The van der Waals surface area contributed by atoms with Gasteiger partial charge in [0.05, 0.1) is 12.8 Å². The predicted molar refractivity (Wildman–Crippen MR) is 61.6 cm³/mol. The molecule has 0 fully saturated rings. The van der Waals surface area contributed by atoms with Crippen molar-refractivity contribution in [2.45, 2.75) is 13.3 Å². The Morgan fingerprint density at radius 1 is 1.35 bits per heavy atom. The number of rotatable bonds is 2. The van der Waals surface area contributed by atoms with Crippen molar-refractivity contribution in [3.05, 3.63) is 18.1 Å².